The second kappa shape index (κ2) is 7.78. The standard InChI is InChI=1S/C19H20BrN3O2/c1-14-8-9-17(23(24)25)13-18(14)21-19(22-10-3-2-4-11-22)15-6-5-7-16(20)12-15/h5-9,12-13H,2-4,10-11H2,1H3. The topological polar surface area (TPSA) is 58.7 Å². The first-order valence-electron chi connectivity index (χ1n) is 8.39. The molecule has 2 aromatic rings. The number of hydrogen-bond donors (Lipinski definition) is 0. The minimum Gasteiger partial charge on any atom is -0.356 e. The number of piperidine rings is 1. The van der Waals surface area contributed by atoms with E-state index in [-0.39, 0.29) is 10.6 Å². The van der Waals surface area contributed by atoms with Gasteiger partial charge in [-0.05, 0) is 43.9 Å². The van der Waals surface area contributed by atoms with Crippen LogP contribution in [0.25, 0.3) is 0 Å². The van der Waals surface area contributed by atoms with E-state index in [2.05, 4.69) is 20.8 Å². The van der Waals surface area contributed by atoms with E-state index in [0.717, 1.165) is 47.4 Å². The van der Waals surface area contributed by atoms with E-state index in [0.29, 0.717) is 5.69 Å². The zero-order chi connectivity index (χ0) is 17.8. The summed E-state index contributed by atoms with van der Waals surface area (Å²) >= 11 is 3.52. The van der Waals surface area contributed by atoms with Gasteiger partial charge in [-0.3, -0.25) is 10.1 Å². The summed E-state index contributed by atoms with van der Waals surface area (Å²) in [7, 11) is 0. The van der Waals surface area contributed by atoms with Gasteiger partial charge in [0.25, 0.3) is 5.69 Å². The molecule has 0 bridgehead atoms. The molecular weight excluding hydrogens is 382 g/mol. The van der Waals surface area contributed by atoms with Gasteiger partial charge in [-0.15, -0.1) is 0 Å². The van der Waals surface area contributed by atoms with Crippen LogP contribution < -0.4 is 0 Å². The molecule has 5 nitrogen and oxygen atoms in total. The molecule has 0 radical (unpaired) electrons. The molecule has 0 aromatic heterocycles. The minimum absolute atomic E-state index is 0.0663. The number of benzene rings is 2. The Hall–Kier alpha value is -2.21. The van der Waals surface area contributed by atoms with Crippen LogP contribution in [-0.4, -0.2) is 28.7 Å². The fraction of sp³-hybridized carbons (Fsp3) is 0.316. The molecule has 130 valence electrons. The summed E-state index contributed by atoms with van der Waals surface area (Å²) in [6.07, 6.45) is 3.51. The second-order valence-corrected chi connectivity index (χ2v) is 7.14. The Morgan fingerprint density at radius 1 is 1.16 bits per heavy atom. The first kappa shape index (κ1) is 17.6. The predicted molar refractivity (Wildman–Crippen MR) is 104 cm³/mol. The molecule has 3 rings (SSSR count). The van der Waals surface area contributed by atoms with Gasteiger partial charge in [0.05, 0.1) is 10.6 Å². The van der Waals surface area contributed by atoms with E-state index in [1.807, 2.05) is 31.2 Å². The number of likely N-dealkylation sites (tertiary alicyclic amines) is 1. The summed E-state index contributed by atoms with van der Waals surface area (Å²) in [5.74, 6) is 0.879. The molecule has 6 heteroatoms. The maximum absolute atomic E-state index is 11.1. The molecular formula is C19H20BrN3O2. The second-order valence-electron chi connectivity index (χ2n) is 6.22. The summed E-state index contributed by atoms with van der Waals surface area (Å²) in [5, 5.41) is 11.1. The Morgan fingerprint density at radius 2 is 1.92 bits per heavy atom. The molecule has 1 aliphatic rings. The number of amidine groups is 1. The molecule has 1 fully saturated rings. The van der Waals surface area contributed by atoms with Crippen LogP contribution in [0.5, 0.6) is 0 Å². The highest BCUT2D eigenvalue weighted by Crippen LogP contribution is 2.27. The van der Waals surface area contributed by atoms with Crippen LogP contribution >= 0.6 is 15.9 Å². The van der Waals surface area contributed by atoms with Crippen LogP contribution in [0.1, 0.15) is 30.4 Å². The fourth-order valence-corrected chi connectivity index (χ4v) is 3.40. The van der Waals surface area contributed by atoms with E-state index < -0.39 is 0 Å². The van der Waals surface area contributed by atoms with Crippen molar-refractivity contribution in [1.29, 1.82) is 0 Å². The fourth-order valence-electron chi connectivity index (χ4n) is 3.00. The van der Waals surface area contributed by atoms with Crippen molar-refractivity contribution in [3.05, 3.63) is 68.2 Å². The van der Waals surface area contributed by atoms with Crippen molar-refractivity contribution in [1.82, 2.24) is 4.90 Å². The van der Waals surface area contributed by atoms with Gasteiger partial charge in [0.2, 0.25) is 0 Å². The highest BCUT2D eigenvalue weighted by atomic mass is 79.9. The number of aliphatic imine (C=N–C) groups is 1. The molecule has 0 atom stereocenters. The first-order valence-corrected chi connectivity index (χ1v) is 9.18. The first-order chi connectivity index (χ1) is 12.0. The normalized spacial score (nSPS) is 15.3. The molecule has 25 heavy (non-hydrogen) atoms. The Kier molecular flexibility index (Phi) is 5.48. The number of halogens is 1. The average Bonchev–Trinajstić information content (AvgIpc) is 2.61. The lowest BCUT2D eigenvalue weighted by Crippen LogP contribution is -2.36. The molecule has 0 spiro atoms. The maximum Gasteiger partial charge on any atom is 0.271 e. The van der Waals surface area contributed by atoms with Crippen molar-refractivity contribution < 1.29 is 4.92 Å². The Morgan fingerprint density at radius 3 is 2.60 bits per heavy atom. The predicted octanol–water partition coefficient (Wildman–Crippen LogP) is 5.23. The van der Waals surface area contributed by atoms with Crippen LogP contribution in [0.4, 0.5) is 11.4 Å². The Bertz CT molecular complexity index is 814. The third kappa shape index (κ3) is 4.25. The molecule has 0 amide bonds. The number of hydrogen-bond acceptors (Lipinski definition) is 3. The van der Waals surface area contributed by atoms with Crippen molar-refractivity contribution in [3.8, 4) is 0 Å². The van der Waals surface area contributed by atoms with Crippen LogP contribution in [0.2, 0.25) is 0 Å². The monoisotopic (exact) mass is 401 g/mol. The smallest absolute Gasteiger partial charge is 0.271 e. The van der Waals surface area contributed by atoms with E-state index in [1.165, 1.54) is 12.5 Å². The summed E-state index contributed by atoms with van der Waals surface area (Å²) in [6.45, 7) is 3.84. The van der Waals surface area contributed by atoms with Crippen LogP contribution in [0, 0.1) is 17.0 Å². The van der Waals surface area contributed by atoms with E-state index in [4.69, 9.17) is 4.99 Å². The summed E-state index contributed by atoms with van der Waals surface area (Å²) in [5.41, 5.74) is 2.66. The van der Waals surface area contributed by atoms with Crippen molar-refractivity contribution in [2.45, 2.75) is 26.2 Å². The maximum atomic E-state index is 11.1. The quantitative estimate of drug-likeness (QED) is 0.306. The zero-order valence-electron chi connectivity index (χ0n) is 14.1. The van der Waals surface area contributed by atoms with Gasteiger partial charge >= 0.3 is 0 Å². The zero-order valence-corrected chi connectivity index (χ0v) is 15.7. The van der Waals surface area contributed by atoms with Gasteiger partial charge in [-0.1, -0.05) is 34.1 Å². The number of aryl methyl sites for hydroxylation is 1. The minimum atomic E-state index is -0.377. The number of nitro benzene ring substituents is 1. The van der Waals surface area contributed by atoms with Crippen molar-refractivity contribution >= 4 is 33.1 Å². The van der Waals surface area contributed by atoms with Crippen molar-refractivity contribution in [2.75, 3.05) is 13.1 Å². The van der Waals surface area contributed by atoms with Gasteiger partial charge < -0.3 is 4.90 Å². The SMILES string of the molecule is Cc1ccc([N+](=O)[O-])cc1N=C(c1cccc(Br)c1)N1CCCCC1. The van der Waals surface area contributed by atoms with Gasteiger partial charge in [0, 0.05) is 35.3 Å². The van der Waals surface area contributed by atoms with Crippen LogP contribution in [-0.2, 0) is 0 Å². The van der Waals surface area contributed by atoms with E-state index in [1.54, 1.807) is 12.1 Å². The summed E-state index contributed by atoms with van der Waals surface area (Å²) < 4.78 is 0.991. The summed E-state index contributed by atoms with van der Waals surface area (Å²) in [6, 6.07) is 12.9. The molecule has 1 saturated heterocycles. The third-order valence-corrected chi connectivity index (χ3v) is 4.86. The lowest BCUT2D eigenvalue weighted by molar-refractivity contribution is -0.384. The molecule has 1 heterocycles. The molecule has 0 N–H and O–H groups in total. The van der Waals surface area contributed by atoms with Gasteiger partial charge in [-0.25, -0.2) is 4.99 Å². The number of nitrogens with zero attached hydrogens (tertiary/aromatic N) is 3. The molecule has 2 aromatic carbocycles. The van der Waals surface area contributed by atoms with E-state index in [9.17, 15) is 10.1 Å². The van der Waals surface area contributed by atoms with Crippen LogP contribution in [0.15, 0.2) is 51.9 Å². The molecule has 0 saturated carbocycles. The lowest BCUT2D eigenvalue weighted by Gasteiger charge is -2.30. The summed E-state index contributed by atoms with van der Waals surface area (Å²) in [4.78, 5) is 17.9. The number of non-ortho nitro benzene ring substituents is 1. The van der Waals surface area contributed by atoms with Gasteiger partial charge in [0.1, 0.15) is 5.84 Å². The highest BCUT2D eigenvalue weighted by Gasteiger charge is 2.18. The van der Waals surface area contributed by atoms with Gasteiger partial charge in [-0.2, -0.15) is 0 Å². The van der Waals surface area contributed by atoms with Crippen molar-refractivity contribution in [2.24, 2.45) is 4.99 Å². The lowest BCUT2D eigenvalue weighted by atomic mass is 10.1. The number of rotatable bonds is 3. The van der Waals surface area contributed by atoms with Gasteiger partial charge in [0.15, 0.2) is 0 Å². The van der Waals surface area contributed by atoms with Crippen molar-refractivity contribution in [3.63, 3.8) is 0 Å². The Balaban J connectivity index is 2.09. The third-order valence-electron chi connectivity index (χ3n) is 4.37. The highest BCUT2D eigenvalue weighted by molar-refractivity contribution is 9.10. The molecule has 0 unspecified atom stereocenters. The largest absolute Gasteiger partial charge is 0.356 e. The number of nitro groups is 1. The molecule has 1 aliphatic heterocycles. The van der Waals surface area contributed by atoms with Crippen LogP contribution in [0.3, 0.4) is 0 Å². The molecule has 0 aliphatic carbocycles. The van der Waals surface area contributed by atoms with E-state index >= 15 is 0 Å². The average molecular weight is 402 g/mol. The Labute approximate surface area is 155 Å².